The number of carbonyl (C=O) groups excluding carboxylic acids is 1. The normalized spacial score (nSPS) is 10.8. The van der Waals surface area contributed by atoms with Gasteiger partial charge in [0.05, 0.1) is 5.56 Å². The van der Waals surface area contributed by atoms with Crippen molar-refractivity contribution in [3.05, 3.63) is 48.0 Å². The monoisotopic (exact) mass is 336 g/mol. The summed E-state index contributed by atoms with van der Waals surface area (Å²) in [6.45, 7) is 4.75. The zero-order chi connectivity index (χ0) is 17.8. The molecule has 7 nitrogen and oxygen atoms in total. The predicted octanol–water partition coefficient (Wildman–Crippen LogP) is 2.61. The Kier molecular flexibility index (Phi) is 4.83. The third kappa shape index (κ3) is 3.71. The van der Waals surface area contributed by atoms with Gasteiger partial charge in [-0.15, -0.1) is 0 Å². The molecule has 0 radical (unpaired) electrons. The molecule has 1 aromatic carbocycles. The van der Waals surface area contributed by atoms with E-state index in [0.717, 1.165) is 36.3 Å². The summed E-state index contributed by atoms with van der Waals surface area (Å²) >= 11 is 0. The SMILES string of the molecule is CCCCn1nc(-c2ccc(C(N)=O)cc2)nc1-c1cnc(C)nc1. The molecule has 1 amide bonds. The van der Waals surface area contributed by atoms with E-state index >= 15 is 0 Å². The number of nitrogens with two attached hydrogens (primary N) is 1. The topological polar surface area (TPSA) is 99.6 Å². The fourth-order valence-electron chi connectivity index (χ4n) is 2.43. The van der Waals surface area contributed by atoms with Crippen LogP contribution in [0.1, 0.15) is 35.9 Å². The van der Waals surface area contributed by atoms with Crippen LogP contribution in [0.15, 0.2) is 36.7 Å². The number of amides is 1. The zero-order valence-corrected chi connectivity index (χ0v) is 14.3. The van der Waals surface area contributed by atoms with Gasteiger partial charge in [0.15, 0.2) is 11.6 Å². The Balaban J connectivity index is 2.00. The first-order valence-corrected chi connectivity index (χ1v) is 8.22. The van der Waals surface area contributed by atoms with E-state index < -0.39 is 5.91 Å². The molecule has 2 heterocycles. The number of unbranched alkanes of at least 4 members (excludes halogenated alkanes) is 1. The maximum Gasteiger partial charge on any atom is 0.248 e. The van der Waals surface area contributed by atoms with Gasteiger partial charge in [0.2, 0.25) is 5.91 Å². The van der Waals surface area contributed by atoms with Crippen molar-refractivity contribution in [2.75, 3.05) is 0 Å². The van der Waals surface area contributed by atoms with Gasteiger partial charge in [0.1, 0.15) is 5.82 Å². The van der Waals surface area contributed by atoms with Gasteiger partial charge in [0.25, 0.3) is 0 Å². The van der Waals surface area contributed by atoms with Crippen molar-refractivity contribution in [1.29, 1.82) is 0 Å². The minimum atomic E-state index is -0.453. The third-order valence-electron chi connectivity index (χ3n) is 3.86. The van der Waals surface area contributed by atoms with Gasteiger partial charge in [-0.2, -0.15) is 5.10 Å². The van der Waals surface area contributed by atoms with E-state index in [4.69, 9.17) is 5.73 Å². The molecule has 128 valence electrons. The van der Waals surface area contributed by atoms with E-state index in [0.29, 0.717) is 17.2 Å². The summed E-state index contributed by atoms with van der Waals surface area (Å²) in [7, 11) is 0. The molecular weight excluding hydrogens is 316 g/mol. The number of carbonyl (C=O) groups is 1. The predicted molar refractivity (Wildman–Crippen MR) is 94.6 cm³/mol. The smallest absolute Gasteiger partial charge is 0.248 e. The van der Waals surface area contributed by atoms with Crippen LogP contribution < -0.4 is 5.73 Å². The Bertz CT molecular complexity index is 868. The number of rotatable bonds is 6. The van der Waals surface area contributed by atoms with Crippen molar-refractivity contribution in [3.8, 4) is 22.8 Å². The Morgan fingerprint density at radius 2 is 1.80 bits per heavy atom. The van der Waals surface area contributed by atoms with Gasteiger partial charge >= 0.3 is 0 Å². The van der Waals surface area contributed by atoms with Crippen LogP contribution >= 0.6 is 0 Å². The van der Waals surface area contributed by atoms with Crippen molar-refractivity contribution in [2.24, 2.45) is 5.73 Å². The van der Waals surface area contributed by atoms with Crippen LogP contribution in [0.4, 0.5) is 0 Å². The van der Waals surface area contributed by atoms with E-state index in [9.17, 15) is 4.79 Å². The van der Waals surface area contributed by atoms with Crippen LogP contribution in [0.3, 0.4) is 0 Å². The molecule has 0 bridgehead atoms. The molecule has 2 aromatic heterocycles. The molecule has 0 saturated carbocycles. The number of hydrogen-bond acceptors (Lipinski definition) is 5. The molecule has 0 saturated heterocycles. The minimum Gasteiger partial charge on any atom is -0.366 e. The molecule has 0 aliphatic heterocycles. The van der Waals surface area contributed by atoms with E-state index in [2.05, 4.69) is 27.0 Å². The summed E-state index contributed by atoms with van der Waals surface area (Å²) in [6, 6.07) is 6.96. The summed E-state index contributed by atoms with van der Waals surface area (Å²) in [5.41, 5.74) is 7.40. The van der Waals surface area contributed by atoms with Crippen molar-refractivity contribution in [2.45, 2.75) is 33.2 Å². The lowest BCUT2D eigenvalue weighted by molar-refractivity contribution is 0.100. The van der Waals surface area contributed by atoms with Crippen LogP contribution in [0.25, 0.3) is 22.8 Å². The highest BCUT2D eigenvalue weighted by Gasteiger charge is 2.14. The molecule has 0 aliphatic carbocycles. The molecule has 7 heteroatoms. The lowest BCUT2D eigenvalue weighted by Gasteiger charge is -2.04. The average Bonchev–Trinajstić information content (AvgIpc) is 3.05. The molecule has 0 aliphatic rings. The average molecular weight is 336 g/mol. The highest BCUT2D eigenvalue weighted by Crippen LogP contribution is 2.22. The highest BCUT2D eigenvalue weighted by molar-refractivity contribution is 5.93. The lowest BCUT2D eigenvalue weighted by atomic mass is 10.1. The van der Waals surface area contributed by atoms with Gasteiger partial charge in [-0.05, 0) is 25.5 Å². The van der Waals surface area contributed by atoms with Gasteiger partial charge < -0.3 is 5.73 Å². The first-order chi connectivity index (χ1) is 12.1. The second-order valence-corrected chi connectivity index (χ2v) is 5.80. The fraction of sp³-hybridized carbons (Fsp3) is 0.278. The number of hydrogen-bond donors (Lipinski definition) is 1. The number of aryl methyl sites for hydroxylation is 2. The molecule has 3 aromatic rings. The van der Waals surface area contributed by atoms with Gasteiger partial charge in [-0.25, -0.2) is 19.6 Å². The van der Waals surface area contributed by atoms with E-state index in [-0.39, 0.29) is 0 Å². The summed E-state index contributed by atoms with van der Waals surface area (Å²) < 4.78 is 1.88. The zero-order valence-electron chi connectivity index (χ0n) is 14.3. The van der Waals surface area contributed by atoms with Crippen LogP contribution in [-0.4, -0.2) is 30.6 Å². The molecule has 0 atom stereocenters. The number of aromatic nitrogens is 5. The first-order valence-electron chi connectivity index (χ1n) is 8.22. The Hall–Kier alpha value is -3.09. The van der Waals surface area contributed by atoms with Crippen molar-refractivity contribution >= 4 is 5.91 Å². The molecule has 25 heavy (non-hydrogen) atoms. The molecule has 0 fully saturated rings. The van der Waals surface area contributed by atoms with Gasteiger partial charge in [-0.3, -0.25) is 4.79 Å². The van der Waals surface area contributed by atoms with E-state index in [1.165, 1.54) is 0 Å². The van der Waals surface area contributed by atoms with Crippen LogP contribution in [0, 0.1) is 6.92 Å². The largest absolute Gasteiger partial charge is 0.366 e. The van der Waals surface area contributed by atoms with Gasteiger partial charge in [-0.1, -0.05) is 25.5 Å². The van der Waals surface area contributed by atoms with Crippen LogP contribution in [-0.2, 0) is 6.54 Å². The molecule has 0 unspecified atom stereocenters. The molecular formula is C18H20N6O. The minimum absolute atomic E-state index is 0.453. The van der Waals surface area contributed by atoms with Crippen LogP contribution in [0.2, 0.25) is 0 Å². The summed E-state index contributed by atoms with van der Waals surface area (Å²) in [4.78, 5) is 24.4. The Morgan fingerprint density at radius 1 is 1.12 bits per heavy atom. The maximum absolute atomic E-state index is 11.2. The van der Waals surface area contributed by atoms with E-state index in [1.807, 2.05) is 11.6 Å². The van der Waals surface area contributed by atoms with E-state index in [1.54, 1.807) is 36.7 Å². The second-order valence-electron chi connectivity index (χ2n) is 5.80. The fourth-order valence-corrected chi connectivity index (χ4v) is 2.43. The summed E-state index contributed by atoms with van der Waals surface area (Å²) in [6.07, 6.45) is 5.58. The quantitative estimate of drug-likeness (QED) is 0.746. The number of benzene rings is 1. The molecule has 3 rings (SSSR count). The Labute approximate surface area is 146 Å². The van der Waals surface area contributed by atoms with Crippen molar-refractivity contribution < 1.29 is 4.79 Å². The standard InChI is InChI=1S/C18H20N6O/c1-3-4-9-24-18(15-10-20-12(2)21-11-15)22-17(23-24)14-7-5-13(6-8-14)16(19)25/h5-8,10-11H,3-4,9H2,1-2H3,(H2,19,25). The maximum atomic E-state index is 11.2. The first kappa shape index (κ1) is 16.8. The van der Waals surface area contributed by atoms with Crippen molar-refractivity contribution in [3.63, 3.8) is 0 Å². The summed E-state index contributed by atoms with van der Waals surface area (Å²) in [5.74, 6) is 1.60. The van der Waals surface area contributed by atoms with Crippen LogP contribution in [0.5, 0.6) is 0 Å². The molecule has 2 N–H and O–H groups in total. The highest BCUT2D eigenvalue weighted by atomic mass is 16.1. The third-order valence-corrected chi connectivity index (χ3v) is 3.86. The second kappa shape index (κ2) is 7.21. The lowest BCUT2D eigenvalue weighted by Crippen LogP contribution is -2.10. The molecule has 0 spiro atoms. The summed E-state index contributed by atoms with van der Waals surface area (Å²) in [5, 5.41) is 4.63. The van der Waals surface area contributed by atoms with Crippen molar-refractivity contribution in [1.82, 2.24) is 24.7 Å². The van der Waals surface area contributed by atoms with Gasteiger partial charge in [0, 0.05) is 30.1 Å². The number of primary amides is 1. The Morgan fingerprint density at radius 3 is 2.40 bits per heavy atom. The number of nitrogens with zero attached hydrogens (tertiary/aromatic N) is 5.